The van der Waals surface area contributed by atoms with Crippen molar-refractivity contribution in [1.29, 1.82) is 0 Å². The molecule has 2 rings (SSSR count). The third-order valence-corrected chi connectivity index (χ3v) is 3.69. The topological polar surface area (TPSA) is 34.1 Å². The van der Waals surface area contributed by atoms with E-state index in [1.165, 1.54) is 0 Å². The van der Waals surface area contributed by atoms with Crippen molar-refractivity contribution in [3.63, 3.8) is 0 Å². The zero-order valence-corrected chi connectivity index (χ0v) is 10.6. The molecule has 0 N–H and O–H groups in total. The van der Waals surface area contributed by atoms with Crippen molar-refractivity contribution in [3.8, 4) is 0 Å². The van der Waals surface area contributed by atoms with Crippen LogP contribution in [0.25, 0.3) is 0 Å². The highest BCUT2D eigenvalue weighted by molar-refractivity contribution is 5.90. The molecule has 2 nitrogen and oxygen atoms in total. The quantitative estimate of drug-likeness (QED) is 0.761. The number of allylic oxidation sites excluding steroid dienone is 4. The van der Waals surface area contributed by atoms with Crippen molar-refractivity contribution < 1.29 is 9.59 Å². The lowest BCUT2D eigenvalue weighted by Crippen LogP contribution is -2.34. The van der Waals surface area contributed by atoms with Gasteiger partial charge in [-0.1, -0.05) is 48.6 Å². The predicted octanol–water partition coefficient (Wildman–Crippen LogP) is 3.06. The molecule has 0 saturated heterocycles. The van der Waals surface area contributed by atoms with Crippen LogP contribution in [0.4, 0.5) is 0 Å². The Morgan fingerprint density at radius 1 is 1.28 bits per heavy atom. The van der Waals surface area contributed by atoms with Crippen LogP contribution in [0, 0.1) is 5.41 Å². The second kappa shape index (κ2) is 4.73. The molecule has 1 aromatic carbocycles. The largest absolute Gasteiger partial charge is 0.299 e. The lowest BCUT2D eigenvalue weighted by Gasteiger charge is -2.35. The van der Waals surface area contributed by atoms with Gasteiger partial charge in [0.25, 0.3) is 0 Å². The minimum Gasteiger partial charge on any atom is -0.299 e. The van der Waals surface area contributed by atoms with Gasteiger partial charge in [-0.05, 0) is 19.4 Å². The van der Waals surface area contributed by atoms with Gasteiger partial charge in [0.15, 0.2) is 0 Å². The molecule has 0 aromatic heterocycles. The molecule has 0 spiro atoms. The number of hydrogen-bond donors (Lipinski definition) is 0. The third kappa shape index (κ3) is 1.94. The summed E-state index contributed by atoms with van der Waals surface area (Å²) in [7, 11) is 0. The maximum absolute atomic E-state index is 12.0. The van der Waals surface area contributed by atoms with Crippen LogP contribution in [0.15, 0.2) is 54.1 Å². The second-order valence-electron chi connectivity index (χ2n) is 4.83. The summed E-state index contributed by atoms with van der Waals surface area (Å²) in [6.07, 6.45) is 6.32. The third-order valence-electron chi connectivity index (χ3n) is 3.69. The first-order valence-electron chi connectivity index (χ1n) is 6.00. The average molecular weight is 240 g/mol. The van der Waals surface area contributed by atoms with Crippen molar-refractivity contribution in [2.24, 2.45) is 5.41 Å². The number of ketones is 1. The van der Waals surface area contributed by atoms with Crippen molar-refractivity contribution in [2.45, 2.75) is 19.8 Å². The van der Waals surface area contributed by atoms with Crippen molar-refractivity contribution in [3.05, 3.63) is 59.7 Å². The highest BCUT2D eigenvalue weighted by Crippen LogP contribution is 2.44. The van der Waals surface area contributed by atoms with E-state index < -0.39 is 5.41 Å². The van der Waals surface area contributed by atoms with E-state index in [9.17, 15) is 9.59 Å². The monoisotopic (exact) mass is 240 g/mol. The highest BCUT2D eigenvalue weighted by Gasteiger charge is 2.40. The van der Waals surface area contributed by atoms with Gasteiger partial charge in [-0.3, -0.25) is 9.59 Å². The van der Waals surface area contributed by atoms with Gasteiger partial charge in [0.1, 0.15) is 12.1 Å². The van der Waals surface area contributed by atoms with Gasteiger partial charge in [-0.15, -0.1) is 0 Å². The Labute approximate surface area is 107 Å². The molecule has 1 aliphatic carbocycles. The van der Waals surface area contributed by atoms with Gasteiger partial charge in [0, 0.05) is 11.5 Å². The van der Waals surface area contributed by atoms with Crippen LogP contribution in [0.2, 0.25) is 0 Å². The minimum atomic E-state index is -0.646. The predicted molar refractivity (Wildman–Crippen MR) is 71.3 cm³/mol. The molecule has 0 saturated carbocycles. The van der Waals surface area contributed by atoms with Gasteiger partial charge in [0.05, 0.1) is 5.41 Å². The minimum absolute atomic E-state index is 0.0695. The summed E-state index contributed by atoms with van der Waals surface area (Å²) in [6, 6.07) is 9.70. The van der Waals surface area contributed by atoms with Gasteiger partial charge in [0.2, 0.25) is 0 Å². The van der Waals surface area contributed by atoms with E-state index in [4.69, 9.17) is 0 Å². The number of Topliss-reactive ketones (excluding diaryl/α,β-unsaturated/α-hetero) is 1. The molecule has 2 atom stereocenters. The molecule has 0 unspecified atom stereocenters. The van der Waals surface area contributed by atoms with Crippen LogP contribution >= 0.6 is 0 Å². The molecule has 0 amide bonds. The van der Waals surface area contributed by atoms with Crippen molar-refractivity contribution >= 4 is 12.1 Å². The van der Waals surface area contributed by atoms with Crippen LogP contribution in [0.1, 0.15) is 25.3 Å². The molecule has 0 aliphatic heterocycles. The first kappa shape index (κ1) is 12.5. The number of hydrogen-bond acceptors (Lipinski definition) is 2. The Morgan fingerprint density at radius 3 is 2.50 bits per heavy atom. The summed E-state index contributed by atoms with van der Waals surface area (Å²) in [6.45, 7) is 3.47. The van der Waals surface area contributed by atoms with E-state index in [-0.39, 0.29) is 11.7 Å². The fourth-order valence-electron chi connectivity index (χ4n) is 2.51. The summed E-state index contributed by atoms with van der Waals surface area (Å²) in [5.41, 5.74) is 1.01. The fraction of sp³-hybridized carbons (Fsp3) is 0.250. The molecule has 0 heterocycles. The molecule has 92 valence electrons. The highest BCUT2D eigenvalue weighted by atomic mass is 16.1. The standard InChI is InChI=1S/C16H16O2/c1-12(18)16(2)10-6-9-14(11-17)15(16)13-7-4-3-5-8-13/h3-11,15H,1-2H3/t15-,16-/m1/s1. The van der Waals surface area contributed by atoms with Gasteiger partial charge >= 0.3 is 0 Å². The van der Waals surface area contributed by atoms with Crippen molar-refractivity contribution in [1.82, 2.24) is 0 Å². The Kier molecular flexibility index (Phi) is 3.28. The van der Waals surface area contributed by atoms with Crippen LogP contribution in [-0.2, 0) is 9.59 Å². The van der Waals surface area contributed by atoms with Crippen molar-refractivity contribution in [2.75, 3.05) is 0 Å². The Morgan fingerprint density at radius 2 is 1.94 bits per heavy atom. The van der Waals surface area contributed by atoms with E-state index in [0.717, 1.165) is 11.8 Å². The zero-order chi connectivity index (χ0) is 13.2. The number of carbonyl (C=O) groups is 2. The summed E-state index contributed by atoms with van der Waals surface area (Å²) in [4.78, 5) is 23.2. The van der Waals surface area contributed by atoms with E-state index in [1.54, 1.807) is 19.1 Å². The Bertz CT molecular complexity index is 525. The second-order valence-corrected chi connectivity index (χ2v) is 4.83. The van der Waals surface area contributed by atoms with E-state index in [0.29, 0.717) is 5.57 Å². The maximum Gasteiger partial charge on any atom is 0.146 e. The number of rotatable bonds is 3. The Balaban J connectivity index is 2.57. The van der Waals surface area contributed by atoms with Gasteiger partial charge < -0.3 is 0 Å². The molecule has 0 radical (unpaired) electrons. The molecule has 2 heteroatoms. The van der Waals surface area contributed by atoms with Gasteiger partial charge in [-0.2, -0.15) is 0 Å². The lowest BCUT2D eigenvalue weighted by molar-refractivity contribution is -0.124. The van der Waals surface area contributed by atoms with Crippen LogP contribution in [0.5, 0.6) is 0 Å². The molecular formula is C16H16O2. The van der Waals surface area contributed by atoms with E-state index in [2.05, 4.69) is 0 Å². The SMILES string of the molecule is CC(=O)[C@@]1(C)C=CC=C(C=O)[C@H]1c1ccccc1. The van der Waals surface area contributed by atoms with E-state index in [1.807, 2.05) is 43.3 Å². The molecule has 1 aromatic rings. The zero-order valence-electron chi connectivity index (χ0n) is 10.6. The van der Waals surface area contributed by atoms with E-state index >= 15 is 0 Å². The molecule has 1 aliphatic rings. The molecule has 0 bridgehead atoms. The summed E-state index contributed by atoms with van der Waals surface area (Å²) in [5.74, 6) is -0.126. The number of benzene rings is 1. The van der Waals surface area contributed by atoms with Crippen LogP contribution in [0.3, 0.4) is 0 Å². The number of carbonyl (C=O) groups excluding carboxylic acids is 2. The average Bonchev–Trinajstić information content (AvgIpc) is 2.39. The smallest absolute Gasteiger partial charge is 0.146 e. The lowest BCUT2D eigenvalue weighted by atomic mass is 9.65. The molecular weight excluding hydrogens is 224 g/mol. The van der Waals surface area contributed by atoms with Gasteiger partial charge in [-0.25, -0.2) is 0 Å². The Hall–Kier alpha value is -1.96. The summed E-state index contributed by atoms with van der Waals surface area (Å²) in [5, 5.41) is 0. The first-order valence-corrected chi connectivity index (χ1v) is 6.00. The van der Waals surface area contributed by atoms with Crippen LogP contribution in [-0.4, -0.2) is 12.1 Å². The summed E-state index contributed by atoms with van der Waals surface area (Å²) >= 11 is 0. The normalized spacial score (nSPS) is 26.6. The fourth-order valence-corrected chi connectivity index (χ4v) is 2.51. The van der Waals surface area contributed by atoms with Crippen LogP contribution < -0.4 is 0 Å². The number of aldehydes is 1. The summed E-state index contributed by atoms with van der Waals surface area (Å²) < 4.78 is 0. The molecule has 0 fully saturated rings. The first-order chi connectivity index (χ1) is 8.59. The molecule has 18 heavy (non-hydrogen) atoms. The maximum atomic E-state index is 12.0.